The van der Waals surface area contributed by atoms with Crippen LogP contribution in [0.2, 0.25) is 0 Å². The fraction of sp³-hybridized carbons (Fsp3) is 0.458. The molecule has 1 aliphatic heterocycles. The van der Waals surface area contributed by atoms with Gasteiger partial charge in [0.05, 0.1) is 6.04 Å². The fourth-order valence-electron chi connectivity index (χ4n) is 4.43. The minimum absolute atomic E-state index is 0.0299. The molecular weight excluding hydrogens is 350 g/mol. The smallest absolute Gasteiger partial charge is 0.223 e. The summed E-state index contributed by atoms with van der Waals surface area (Å²) >= 11 is 0. The van der Waals surface area contributed by atoms with E-state index in [9.17, 15) is 9.90 Å². The maximum atomic E-state index is 13.2. The van der Waals surface area contributed by atoms with Crippen LogP contribution in [0.25, 0.3) is 0 Å². The summed E-state index contributed by atoms with van der Waals surface area (Å²) in [6, 6.07) is 18.5. The van der Waals surface area contributed by atoms with Crippen molar-refractivity contribution in [1.29, 1.82) is 0 Å². The number of amides is 1. The summed E-state index contributed by atoms with van der Waals surface area (Å²) in [5, 5.41) is 18.4. The lowest BCUT2D eigenvalue weighted by Crippen LogP contribution is -2.47. The zero-order valence-corrected chi connectivity index (χ0v) is 16.7. The quantitative estimate of drug-likeness (QED) is 0.734. The highest BCUT2D eigenvalue weighted by Crippen LogP contribution is 2.41. The summed E-state index contributed by atoms with van der Waals surface area (Å²) < 4.78 is 0. The first-order valence-electron chi connectivity index (χ1n) is 10.3. The van der Waals surface area contributed by atoms with Crippen LogP contribution in [0.15, 0.2) is 54.6 Å². The standard InChI is InChI=1S/C24H31NO3/c1-19(21-10-8-20(9-11-21)12-17-27)25-15-14-24(13-5-16-26,18-23(25)28)22-6-3-2-4-7-22/h2-4,6-11,19,26-27H,5,12-18H2,1H3/t19-,24-/m0/s1. The van der Waals surface area contributed by atoms with Gasteiger partial charge in [-0.15, -0.1) is 0 Å². The molecule has 0 aliphatic carbocycles. The highest BCUT2D eigenvalue weighted by atomic mass is 16.3. The van der Waals surface area contributed by atoms with Gasteiger partial charge in [-0.2, -0.15) is 0 Å². The van der Waals surface area contributed by atoms with Crippen molar-refractivity contribution < 1.29 is 15.0 Å². The average molecular weight is 382 g/mol. The number of nitrogens with zero attached hydrogens (tertiary/aromatic N) is 1. The van der Waals surface area contributed by atoms with Crippen molar-refractivity contribution in [3.05, 3.63) is 71.3 Å². The molecule has 1 heterocycles. The van der Waals surface area contributed by atoms with Gasteiger partial charge in [0, 0.05) is 31.6 Å². The number of hydrogen-bond acceptors (Lipinski definition) is 3. The van der Waals surface area contributed by atoms with Crippen LogP contribution >= 0.6 is 0 Å². The first kappa shape index (κ1) is 20.6. The summed E-state index contributed by atoms with van der Waals surface area (Å²) in [7, 11) is 0. The first-order chi connectivity index (χ1) is 13.6. The molecule has 2 N–H and O–H groups in total. The number of likely N-dealkylation sites (tertiary alicyclic amines) is 1. The third kappa shape index (κ3) is 4.45. The molecule has 0 unspecified atom stereocenters. The van der Waals surface area contributed by atoms with E-state index in [1.54, 1.807) is 0 Å². The lowest BCUT2D eigenvalue weighted by atomic mass is 9.69. The molecule has 0 spiro atoms. The van der Waals surface area contributed by atoms with Crippen molar-refractivity contribution >= 4 is 5.91 Å². The van der Waals surface area contributed by atoms with Gasteiger partial charge < -0.3 is 15.1 Å². The predicted molar refractivity (Wildman–Crippen MR) is 111 cm³/mol. The van der Waals surface area contributed by atoms with Gasteiger partial charge in [0.25, 0.3) is 0 Å². The molecule has 2 aromatic carbocycles. The Balaban J connectivity index is 1.76. The predicted octanol–water partition coefficient (Wildman–Crippen LogP) is 3.62. The van der Waals surface area contributed by atoms with Crippen molar-refractivity contribution in [3.8, 4) is 0 Å². The van der Waals surface area contributed by atoms with Gasteiger partial charge in [0.15, 0.2) is 0 Å². The Hall–Kier alpha value is -2.17. The van der Waals surface area contributed by atoms with Crippen LogP contribution in [-0.4, -0.2) is 40.8 Å². The Morgan fingerprint density at radius 1 is 1.04 bits per heavy atom. The van der Waals surface area contributed by atoms with Crippen LogP contribution in [0, 0.1) is 0 Å². The zero-order chi connectivity index (χ0) is 20.0. The van der Waals surface area contributed by atoms with Crippen LogP contribution in [-0.2, 0) is 16.6 Å². The number of rotatable bonds is 8. The van der Waals surface area contributed by atoms with Crippen LogP contribution in [0.4, 0.5) is 0 Å². The number of hydrogen-bond donors (Lipinski definition) is 2. The minimum atomic E-state index is -0.178. The first-order valence-corrected chi connectivity index (χ1v) is 10.3. The summed E-state index contributed by atoms with van der Waals surface area (Å²) in [4.78, 5) is 15.1. The normalized spacial score (nSPS) is 21.0. The molecule has 1 aliphatic rings. The van der Waals surface area contributed by atoms with Crippen molar-refractivity contribution in [2.75, 3.05) is 19.8 Å². The third-order valence-corrected chi connectivity index (χ3v) is 6.17. The SMILES string of the molecule is C[C@@H](c1ccc(CCO)cc1)N1CC[C@](CCCO)(c2ccccc2)CC1=O. The summed E-state index contributed by atoms with van der Waals surface area (Å²) in [6.07, 6.45) is 3.60. The summed E-state index contributed by atoms with van der Waals surface area (Å²) in [6.45, 7) is 3.11. The van der Waals surface area contributed by atoms with Crippen LogP contribution in [0.1, 0.15) is 55.3 Å². The molecule has 1 amide bonds. The number of aliphatic hydroxyl groups excluding tert-OH is 2. The monoisotopic (exact) mass is 381 g/mol. The van der Waals surface area contributed by atoms with Crippen molar-refractivity contribution in [3.63, 3.8) is 0 Å². The highest BCUT2D eigenvalue weighted by molar-refractivity contribution is 5.79. The molecule has 0 saturated carbocycles. The molecule has 0 aromatic heterocycles. The molecule has 2 aromatic rings. The van der Waals surface area contributed by atoms with Crippen molar-refractivity contribution in [2.24, 2.45) is 0 Å². The van der Waals surface area contributed by atoms with Gasteiger partial charge in [-0.1, -0.05) is 54.6 Å². The van der Waals surface area contributed by atoms with Gasteiger partial charge >= 0.3 is 0 Å². The number of piperidine rings is 1. The van der Waals surface area contributed by atoms with E-state index in [-0.39, 0.29) is 30.6 Å². The van der Waals surface area contributed by atoms with E-state index >= 15 is 0 Å². The molecule has 3 rings (SSSR count). The van der Waals surface area contributed by atoms with Crippen molar-refractivity contribution in [2.45, 2.75) is 50.5 Å². The maximum Gasteiger partial charge on any atom is 0.223 e. The van der Waals surface area contributed by atoms with Gasteiger partial charge in [-0.25, -0.2) is 0 Å². The second-order valence-electron chi connectivity index (χ2n) is 7.88. The Labute approximate surface area is 167 Å². The average Bonchev–Trinajstić information content (AvgIpc) is 2.73. The van der Waals surface area contributed by atoms with Gasteiger partial charge in [-0.05, 0) is 49.3 Å². The van der Waals surface area contributed by atoms with Gasteiger partial charge in [0.1, 0.15) is 0 Å². The summed E-state index contributed by atoms with van der Waals surface area (Å²) in [5.74, 6) is 0.181. The Morgan fingerprint density at radius 3 is 2.36 bits per heavy atom. The second-order valence-corrected chi connectivity index (χ2v) is 7.88. The van der Waals surface area contributed by atoms with Gasteiger partial charge in [0.2, 0.25) is 5.91 Å². The van der Waals surface area contributed by atoms with E-state index in [1.165, 1.54) is 5.56 Å². The largest absolute Gasteiger partial charge is 0.396 e. The van der Waals surface area contributed by atoms with E-state index in [0.29, 0.717) is 19.3 Å². The molecule has 1 fully saturated rings. The molecule has 150 valence electrons. The lowest BCUT2D eigenvalue weighted by Gasteiger charge is -2.44. The maximum absolute atomic E-state index is 13.2. The molecule has 1 saturated heterocycles. The van der Waals surface area contributed by atoms with E-state index in [4.69, 9.17) is 5.11 Å². The Kier molecular flexibility index (Phi) is 6.87. The Morgan fingerprint density at radius 2 is 1.75 bits per heavy atom. The molecule has 0 bridgehead atoms. The van der Waals surface area contributed by atoms with E-state index in [0.717, 1.165) is 30.5 Å². The van der Waals surface area contributed by atoms with Crippen LogP contribution in [0.5, 0.6) is 0 Å². The number of carbonyl (C=O) groups is 1. The van der Waals surface area contributed by atoms with Crippen LogP contribution < -0.4 is 0 Å². The number of benzene rings is 2. The molecule has 28 heavy (non-hydrogen) atoms. The fourth-order valence-corrected chi connectivity index (χ4v) is 4.43. The minimum Gasteiger partial charge on any atom is -0.396 e. The molecule has 4 nitrogen and oxygen atoms in total. The van der Waals surface area contributed by atoms with E-state index in [1.807, 2.05) is 35.2 Å². The number of aliphatic hydroxyl groups is 2. The third-order valence-electron chi connectivity index (χ3n) is 6.17. The zero-order valence-electron chi connectivity index (χ0n) is 16.7. The lowest BCUT2D eigenvalue weighted by molar-refractivity contribution is -0.138. The second kappa shape index (κ2) is 9.35. The topological polar surface area (TPSA) is 60.8 Å². The number of carbonyl (C=O) groups excluding carboxylic acids is 1. The van der Waals surface area contributed by atoms with Gasteiger partial charge in [-0.3, -0.25) is 4.79 Å². The summed E-state index contributed by atoms with van der Waals surface area (Å²) in [5.41, 5.74) is 3.26. The Bertz CT molecular complexity index is 759. The molecule has 0 radical (unpaired) electrons. The van der Waals surface area contributed by atoms with E-state index in [2.05, 4.69) is 31.2 Å². The molecule has 4 heteroatoms. The van der Waals surface area contributed by atoms with E-state index < -0.39 is 0 Å². The molecule has 2 atom stereocenters. The highest BCUT2D eigenvalue weighted by Gasteiger charge is 2.41. The molecular formula is C24H31NO3. The van der Waals surface area contributed by atoms with Crippen LogP contribution in [0.3, 0.4) is 0 Å². The van der Waals surface area contributed by atoms with Crippen molar-refractivity contribution in [1.82, 2.24) is 4.90 Å².